The molecule has 2 atom stereocenters. The van der Waals surface area contributed by atoms with Gasteiger partial charge in [-0.05, 0) is 44.8 Å². The van der Waals surface area contributed by atoms with Gasteiger partial charge in [-0.2, -0.15) is 13.2 Å². The van der Waals surface area contributed by atoms with E-state index in [0.29, 0.717) is 19.3 Å². The van der Waals surface area contributed by atoms with Gasteiger partial charge in [-0.1, -0.05) is 20.3 Å². The van der Waals surface area contributed by atoms with Crippen LogP contribution in [0.5, 0.6) is 0 Å². The first-order valence-corrected chi connectivity index (χ1v) is 7.47. The standard InChI is InChI=1S/C14H27F3N2/c1-3-19(4-2)9-8-18-11-12-6-5-7-13(10-12)14(15,16)17/h12-13,18H,3-11H2,1-2H3. The van der Waals surface area contributed by atoms with Crippen LogP contribution in [0.3, 0.4) is 0 Å². The third-order valence-corrected chi connectivity index (χ3v) is 4.18. The number of nitrogens with one attached hydrogen (secondary N) is 1. The van der Waals surface area contributed by atoms with Gasteiger partial charge in [-0.15, -0.1) is 0 Å². The molecule has 2 unspecified atom stereocenters. The summed E-state index contributed by atoms with van der Waals surface area (Å²) in [5.74, 6) is -0.882. The molecule has 0 heterocycles. The van der Waals surface area contributed by atoms with E-state index in [2.05, 4.69) is 24.1 Å². The second kappa shape index (κ2) is 8.10. The molecule has 5 heteroatoms. The third kappa shape index (κ3) is 6.13. The van der Waals surface area contributed by atoms with Gasteiger partial charge >= 0.3 is 6.18 Å². The van der Waals surface area contributed by atoms with E-state index in [-0.39, 0.29) is 5.92 Å². The Morgan fingerprint density at radius 3 is 2.42 bits per heavy atom. The molecule has 2 nitrogen and oxygen atoms in total. The fourth-order valence-corrected chi connectivity index (χ4v) is 2.86. The molecule has 0 aliphatic heterocycles. The van der Waals surface area contributed by atoms with Gasteiger partial charge in [0.1, 0.15) is 0 Å². The van der Waals surface area contributed by atoms with E-state index < -0.39 is 12.1 Å². The first-order valence-electron chi connectivity index (χ1n) is 7.47. The molecule has 0 bridgehead atoms. The minimum atomic E-state index is -4.00. The number of likely N-dealkylation sites (N-methyl/N-ethyl adjacent to an activating group) is 1. The van der Waals surface area contributed by atoms with Crippen molar-refractivity contribution in [3.63, 3.8) is 0 Å². The number of hydrogen-bond acceptors (Lipinski definition) is 2. The highest BCUT2D eigenvalue weighted by Gasteiger charge is 2.41. The fourth-order valence-electron chi connectivity index (χ4n) is 2.86. The Morgan fingerprint density at radius 1 is 1.16 bits per heavy atom. The third-order valence-electron chi connectivity index (χ3n) is 4.18. The Balaban J connectivity index is 2.19. The van der Waals surface area contributed by atoms with E-state index in [0.717, 1.165) is 39.1 Å². The predicted molar refractivity (Wildman–Crippen MR) is 72.2 cm³/mol. The molecule has 1 aliphatic rings. The first kappa shape index (κ1) is 16.8. The monoisotopic (exact) mass is 280 g/mol. The zero-order chi connectivity index (χ0) is 14.3. The maximum Gasteiger partial charge on any atom is 0.391 e. The molecule has 1 saturated carbocycles. The van der Waals surface area contributed by atoms with Gasteiger partial charge in [0.05, 0.1) is 5.92 Å². The van der Waals surface area contributed by atoms with E-state index in [4.69, 9.17) is 0 Å². The van der Waals surface area contributed by atoms with Crippen LogP contribution in [-0.4, -0.2) is 43.8 Å². The Morgan fingerprint density at radius 2 is 1.84 bits per heavy atom. The van der Waals surface area contributed by atoms with Gasteiger partial charge in [0.15, 0.2) is 0 Å². The van der Waals surface area contributed by atoms with Crippen LogP contribution >= 0.6 is 0 Å². The maximum absolute atomic E-state index is 12.7. The highest BCUT2D eigenvalue weighted by molar-refractivity contribution is 4.79. The summed E-state index contributed by atoms with van der Waals surface area (Å²) in [6, 6.07) is 0. The molecule has 1 rings (SSSR count). The van der Waals surface area contributed by atoms with Gasteiger partial charge in [0.25, 0.3) is 0 Å². The van der Waals surface area contributed by atoms with Crippen molar-refractivity contribution in [2.24, 2.45) is 11.8 Å². The average molecular weight is 280 g/mol. The summed E-state index contributed by atoms with van der Waals surface area (Å²) in [7, 11) is 0. The smallest absolute Gasteiger partial charge is 0.315 e. The van der Waals surface area contributed by atoms with E-state index >= 15 is 0 Å². The fraction of sp³-hybridized carbons (Fsp3) is 1.00. The second-order valence-corrected chi connectivity index (χ2v) is 5.50. The number of hydrogen-bond donors (Lipinski definition) is 1. The lowest BCUT2D eigenvalue weighted by Gasteiger charge is -2.30. The van der Waals surface area contributed by atoms with Crippen LogP contribution in [0.25, 0.3) is 0 Å². The molecule has 1 N–H and O–H groups in total. The molecule has 1 fully saturated rings. The zero-order valence-corrected chi connectivity index (χ0v) is 12.1. The molecule has 0 aromatic rings. The normalized spacial score (nSPS) is 24.9. The number of nitrogens with zero attached hydrogens (tertiary/aromatic N) is 1. The summed E-state index contributed by atoms with van der Waals surface area (Å²) in [5.41, 5.74) is 0. The molecule has 0 aromatic carbocycles. The lowest BCUT2D eigenvalue weighted by molar-refractivity contribution is -0.185. The summed E-state index contributed by atoms with van der Waals surface area (Å²) in [6.45, 7) is 8.87. The van der Waals surface area contributed by atoms with Crippen molar-refractivity contribution < 1.29 is 13.2 Å². The Hall–Kier alpha value is -0.290. The van der Waals surface area contributed by atoms with Crippen molar-refractivity contribution >= 4 is 0 Å². The van der Waals surface area contributed by atoms with E-state index in [9.17, 15) is 13.2 Å². The minimum absolute atomic E-state index is 0.192. The first-order chi connectivity index (χ1) is 8.97. The van der Waals surface area contributed by atoms with Gasteiger partial charge in [-0.25, -0.2) is 0 Å². The second-order valence-electron chi connectivity index (χ2n) is 5.50. The van der Waals surface area contributed by atoms with E-state index in [1.54, 1.807) is 0 Å². The largest absolute Gasteiger partial charge is 0.391 e. The molecule has 114 valence electrons. The van der Waals surface area contributed by atoms with Crippen molar-refractivity contribution in [3.8, 4) is 0 Å². The molecule has 0 saturated heterocycles. The quantitative estimate of drug-likeness (QED) is 0.720. The molecule has 1 aliphatic carbocycles. The maximum atomic E-state index is 12.7. The number of rotatable bonds is 7. The zero-order valence-electron chi connectivity index (χ0n) is 12.1. The Bertz CT molecular complexity index is 239. The van der Waals surface area contributed by atoms with Crippen molar-refractivity contribution in [3.05, 3.63) is 0 Å². The van der Waals surface area contributed by atoms with Crippen molar-refractivity contribution in [2.75, 3.05) is 32.7 Å². The molecular weight excluding hydrogens is 253 g/mol. The number of halogens is 3. The lowest BCUT2D eigenvalue weighted by Crippen LogP contribution is -2.36. The van der Waals surface area contributed by atoms with Crippen molar-refractivity contribution in [2.45, 2.75) is 45.7 Å². The molecular formula is C14H27F3N2. The van der Waals surface area contributed by atoms with Crippen LogP contribution in [0.1, 0.15) is 39.5 Å². The molecule has 0 amide bonds. The van der Waals surface area contributed by atoms with Crippen LogP contribution in [0, 0.1) is 11.8 Å². The van der Waals surface area contributed by atoms with Crippen molar-refractivity contribution in [1.29, 1.82) is 0 Å². The van der Waals surface area contributed by atoms with Crippen LogP contribution in [0.15, 0.2) is 0 Å². The lowest BCUT2D eigenvalue weighted by atomic mass is 9.81. The van der Waals surface area contributed by atoms with E-state index in [1.165, 1.54) is 0 Å². The van der Waals surface area contributed by atoms with Crippen LogP contribution < -0.4 is 5.32 Å². The van der Waals surface area contributed by atoms with Crippen LogP contribution in [0.2, 0.25) is 0 Å². The Labute approximate surface area is 114 Å². The topological polar surface area (TPSA) is 15.3 Å². The SMILES string of the molecule is CCN(CC)CCNCC1CCCC(C(F)(F)F)C1. The summed E-state index contributed by atoms with van der Waals surface area (Å²) < 4.78 is 38.0. The molecule has 0 radical (unpaired) electrons. The summed E-state index contributed by atoms with van der Waals surface area (Å²) in [5, 5.41) is 3.32. The predicted octanol–water partition coefficient (Wildman–Crippen LogP) is 3.29. The highest BCUT2D eigenvalue weighted by atomic mass is 19.4. The van der Waals surface area contributed by atoms with Gasteiger partial charge in [0, 0.05) is 13.1 Å². The molecule has 19 heavy (non-hydrogen) atoms. The summed E-state index contributed by atoms with van der Waals surface area (Å²) in [6.07, 6.45) is -1.72. The highest BCUT2D eigenvalue weighted by Crippen LogP contribution is 2.39. The van der Waals surface area contributed by atoms with Gasteiger partial charge in [-0.3, -0.25) is 0 Å². The van der Waals surface area contributed by atoms with E-state index in [1.807, 2.05) is 0 Å². The molecule has 0 spiro atoms. The summed E-state index contributed by atoms with van der Waals surface area (Å²) >= 11 is 0. The van der Waals surface area contributed by atoms with Gasteiger partial charge < -0.3 is 10.2 Å². The van der Waals surface area contributed by atoms with Gasteiger partial charge in [0.2, 0.25) is 0 Å². The van der Waals surface area contributed by atoms with Crippen molar-refractivity contribution in [1.82, 2.24) is 10.2 Å². The average Bonchev–Trinajstić information content (AvgIpc) is 2.38. The summed E-state index contributed by atoms with van der Waals surface area (Å²) in [4.78, 5) is 2.31. The van der Waals surface area contributed by atoms with Crippen LogP contribution in [0.4, 0.5) is 13.2 Å². The van der Waals surface area contributed by atoms with Crippen LogP contribution in [-0.2, 0) is 0 Å². The minimum Gasteiger partial charge on any atom is -0.315 e. The Kier molecular flexibility index (Phi) is 7.15. The number of alkyl halides is 3. The molecule has 0 aromatic heterocycles.